The lowest BCUT2D eigenvalue weighted by Crippen LogP contribution is -2.29. The van der Waals surface area contributed by atoms with Crippen molar-refractivity contribution < 1.29 is 24.5 Å². The Morgan fingerprint density at radius 1 is 1.35 bits per heavy atom. The standard InChI is InChI=1S/C13H17NO6/c1-3-4-5-20-11-9(13(18)19)6-8(2)14(12(11)17)7-10(15)16/h6H,3-5,7H2,1-2H3,(H,15,16)(H,18,19). The molecule has 0 amide bonds. The maximum atomic E-state index is 12.2. The van der Waals surface area contributed by atoms with Crippen molar-refractivity contribution in [2.75, 3.05) is 6.61 Å². The molecule has 2 N–H and O–H groups in total. The average Bonchev–Trinajstić information content (AvgIpc) is 2.36. The molecule has 1 aromatic heterocycles. The SMILES string of the molecule is CCCCOc1c(C(=O)O)cc(C)n(CC(=O)O)c1=O. The van der Waals surface area contributed by atoms with Gasteiger partial charge in [0, 0.05) is 5.69 Å². The monoisotopic (exact) mass is 283 g/mol. The number of aromatic carboxylic acids is 1. The Morgan fingerprint density at radius 2 is 2.00 bits per heavy atom. The van der Waals surface area contributed by atoms with Gasteiger partial charge < -0.3 is 14.9 Å². The van der Waals surface area contributed by atoms with Gasteiger partial charge in [0.1, 0.15) is 12.1 Å². The average molecular weight is 283 g/mol. The van der Waals surface area contributed by atoms with Crippen molar-refractivity contribution in [3.05, 3.63) is 27.7 Å². The summed E-state index contributed by atoms with van der Waals surface area (Å²) in [5.74, 6) is -2.77. The largest absolute Gasteiger partial charge is 0.487 e. The summed E-state index contributed by atoms with van der Waals surface area (Å²) < 4.78 is 6.22. The van der Waals surface area contributed by atoms with Crippen LogP contribution in [0.25, 0.3) is 0 Å². The summed E-state index contributed by atoms with van der Waals surface area (Å²) in [6.45, 7) is 3.09. The molecule has 0 aliphatic rings. The number of hydrogen-bond donors (Lipinski definition) is 2. The minimum absolute atomic E-state index is 0.210. The van der Waals surface area contributed by atoms with Gasteiger partial charge in [0.15, 0.2) is 5.75 Å². The van der Waals surface area contributed by atoms with Gasteiger partial charge in [-0.2, -0.15) is 0 Å². The van der Waals surface area contributed by atoms with Gasteiger partial charge in [0.25, 0.3) is 5.56 Å². The maximum absolute atomic E-state index is 12.2. The molecule has 0 fully saturated rings. The number of aryl methyl sites for hydroxylation is 1. The van der Waals surface area contributed by atoms with Crippen LogP contribution in [-0.4, -0.2) is 33.3 Å². The summed E-state index contributed by atoms with van der Waals surface area (Å²) in [6.07, 6.45) is 1.50. The van der Waals surface area contributed by atoms with Gasteiger partial charge in [-0.25, -0.2) is 4.79 Å². The second kappa shape index (κ2) is 6.74. The predicted molar refractivity (Wildman–Crippen MR) is 70.4 cm³/mol. The second-order valence-corrected chi connectivity index (χ2v) is 4.32. The van der Waals surface area contributed by atoms with Crippen molar-refractivity contribution in [1.82, 2.24) is 4.57 Å². The van der Waals surface area contributed by atoms with Crippen LogP contribution < -0.4 is 10.3 Å². The molecular formula is C13H17NO6. The van der Waals surface area contributed by atoms with Crippen LogP contribution in [0.3, 0.4) is 0 Å². The van der Waals surface area contributed by atoms with E-state index < -0.39 is 24.0 Å². The van der Waals surface area contributed by atoms with E-state index in [2.05, 4.69) is 0 Å². The van der Waals surface area contributed by atoms with Crippen molar-refractivity contribution in [3.8, 4) is 5.75 Å². The Hall–Kier alpha value is -2.31. The Balaban J connectivity index is 3.31. The third-order valence-corrected chi connectivity index (χ3v) is 2.73. The van der Waals surface area contributed by atoms with Gasteiger partial charge in [-0.3, -0.25) is 14.2 Å². The third-order valence-electron chi connectivity index (χ3n) is 2.73. The van der Waals surface area contributed by atoms with Crippen LogP contribution in [0, 0.1) is 6.92 Å². The molecule has 0 unspecified atom stereocenters. The number of pyridine rings is 1. The van der Waals surface area contributed by atoms with Crippen LogP contribution in [0.4, 0.5) is 0 Å². The molecule has 0 atom stereocenters. The summed E-state index contributed by atoms with van der Waals surface area (Å²) in [5, 5.41) is 17.9. The number of carboxylic acids is 2. The number of ether oxygens (including phenoxy) is 1. The molecule has 0 aliphatic heterocycles. The molecule has 0 radical (unpaired) electrons. The smallest absolute Gasteiger partial charge is 0.339 e. The third kappa shape index (κ3) is 3.59. The molecule has 1 rings (SSSR count). The van der Waals surface area contributed by atoms with E-state index in [-0.39, 0.29) is 23.6 Å². The molecule has 20 heavy (non-hydrogen) atoms. The number of unbranched alkanes of at least 4 members (excludes halogenated alkanes) is 1. The molecular weight excluding hydrogens is 266 g/mol. The van der Waals surface area contributed by atoms with Crippen LogP contribution in [0.15, 0.2) is 10.9 Å². The summed E-state index contributed by atoms with van der Waals surface area (Å²) in [7, 11) is 0. The first-order valence-corrected chi connectivity index (χ1v) is 6.20. The molecule has 7 nitrogen and oxygen atoms in total. The molecule has 7 heteroatoms. The summed E-state index contributed by atoms with van der Waals surface area (Å²) >= 11 is 0. The van der Waals surface area contributed by atoms with E-state index >= 15 is 0 Å². The number of carboxylic acid groups (broad SMARTS) is 2. The Morgan fingerprint density at radius 3 is 2.50 bits per heavy atom. The molecule has 0 bridgehead atoms. The highest BCUT2D eigenvalue weighted by atomic mass is 16.5. The van der Waals surface area contributed by atoms with Gasteiger partial charge >= 0.3 is 11.9 Å². The lowest BCUT2D eigenvalue weighted by Gasteiger charge is -2.13. The lowest BCUT2D eigenvalue weighted by atomic mass is 10.2. The molecule has 0 saturated carbocycles. The van der Waals surface area contributed by atoms with Crippen LogP contribution in [0.5, 0.6) is 5.75 Å². The number of aliphatic carboxylic acids is 1. The van der Waals surface area contributed by atoms with Crippen molar-refractivity contribution in [1.29, 1.82) is 0 Å². The second-order valence-electron chi connectivity index (χ2n) is 4.32. The molecule has 0 saturated heterocycles. The van der Waals surface area contributed by atoms with Crippen LogP contribution >= 0.6 is 0 Å². The number of nitrogens with zero attached hydrogens (tertiary/aromatic N) is 1. The maximum Gasteiger partial charge on any atom is 0.339 e. The zero-order chi connectivity index (χ0) is 15.3. The highest BCUT2D eigenvalue weighted by Gasteiger charge is 2.20. The van der Waals surface area contributed by atoms with E-state index in [1.165, 1.54) is 13.0 Å². The first kappa shape index (κ1) is 15.7. The molecule has 1 heterocycles. The Bertz CT molecular complexity index is 575. The predicted octanol–water partition coefficient (Wildman–Crippen LogP) is 1.12. The minimum Gasteiger partial charge on any atom is -0.487 e. The van der Waals surface area contributed by atoms with E-state index in [9.17, 15) is 14.4 Å². The molecule has 1 aromatic rings. The fraction of sp³-hybridized carbons (Fsp3) is 0.462. The van der Waals surface area contributed by atoms with E-state index in [1.54, 1.807) is 0 Å². The first-order chi connectivity index (χ1) is 9.38. The van der Waals surface area contributed by atoms with Gasteiger partial charge in [-0.05, 0) is 19.4 Å². The fourth-order valence-corrected chi connectivity index (χ4v) is 1.70. The van der Waals surface area contributed by atoms with E-state index in [0.717, 1.165) is 11.0 Å². The van der Waals surface area contributed by atoms with Crippen molar-refractivity contribution in [2.24, 2.45) is 0 Å². The summed E-state index contributed by atoms with van der Waals surface area (Å²) in [6, 6.07) is 1.24. The Labute approximate surface area is 115 Å². The highest BCUT2D eigenvalue weighted by Crippen LogP contribution is 2.16. The fourth-order valence-electron chi connectivity index (χ4n) is 1.70. The number of aromatic nitrogens is 1. The zero-order valence-electron chi connectivity index (χ0n) is 11.4. The molecule has 0 spiro atoms. The van der Waals surface area contributed by atoms with Gasteiger partial charge in [0.05, 0.1) is 6.61 Å². The normalized spacial score (nSPS) is 10.3. The van der Waals surface area contributed by atoms with Crippen molar-refractivity contribution in [2.45, 2.75) is 33.2 Å². The summed E-state index contributed by atoms with van der Waals surface area (Å²) in [4.78, 5) is 34.1. The number of carbonyl (C=O) groups is 2. The van der Waals surface area contributed by atoms with Gasteiger partial charge in [-0.15, -0.1) is 0 Å². The lowest BCUT2D eigenvalue weighted by molar-refractivity contribution is -0.137. The van der Waals surface area contributed by atoms with Crippen molar-refractivity contribution >= 4 is 11.9 Å². The molecule has 0 aromatic carbocycles. The number of hydrogen-bond acceptors (Lipinski definition) is 4. The quantitative estimate of drug-likeness (QED) is 0.726. The van der Waals surface area contributed by atoms with Crippen LogP contribution in [-0.2, 0) is 11.3 Å². The van der Waals surface area contributed by atoms with Gasteiger partial charge in [-0.1, -0.05) is 13.3 Å². The van der Waals surface area contributed by atoms with Gasteiger partial charge in [0.2, 0.25) is 0 Å². The number of rotatable bonds is 7. The zero-order valence-corrected chi connectivity index (χ0v) is 11.4. The molecule has 110 valence electrons. The van der Waals surface area contributed by atoms with Crippen molar-refractivity contribution in [3.63, 3.8) is 0 Å². The topological polar surface area (TPSA) is 106 Å². The molecule has 0 aliphatic carbocycles. The Kier molecular flexibility index (Phi) is 5.31. The van der Waals surface area contributed by atoms with E-state index in [4.69, 9.17) is 14.9 Å². The minimum atomic E-state index is -1.28. The van der Waals surface area contributed by atoms with E-state index in [1.807, 2.05) is 6.92 Å². The van der Waals surface area contributed by atoms with Crippen LogP contribution in [0.2, 0.25) is 0 Å². The summed E-state index contributed by atoms with van der Waals surface area (Å²) in [5.41, 5.74) is -0.719. The first-order valence-electron chi connectivity index (χ1n) is 6.20. The van der Waals surface area contributed by atoms with Crippen LogP contribution in [0.1, 0.15) is 35.8 Å². The highest BCUT2D eigenvalue weighted by molar-refractivity contribution is 5.90. The van der Waals surface area contributed by atoms with E-state index in [0.29, 0.717) is 6.42 Å².